The highest BCUT2D eigenvalue weighted by Gasteiger charge is 2.25. The number of nitrogens with one attached hydrogen (secondary N) is 2. The summed E-state index contributed by atoms with van der Waals surface area (Å²) >= 11 is 1.64. The van der Waals surface area contributed by atoms with Crippen LogP contribution in [0.3, 0.4) is 0 Å². The second kappa shape index (κ2) is 5.79. The number of thiophene rings is 1. The van der Waals surface area contributed by atoms with Gasteiger partial charge < -0.3 is 5.32 Å². The maximum absolute atomic E-state index is 12.4. The first kappa shape index (κ1) is 13.4. The summed E-state index contributed by atoms with van der Waals surface area (Å²) in [6.07, 6.45) is 5.19. The van der Waals surface area contributed by atoms with Crippen molar-refractivity contribution in [2.45, 2.75) is 39.0 Å². The van der Waals surface area contributed by atoms with Crippen molar-refractivity contribution in [3.05, 3.63) is 22.5 Å². The normalized spacial score (nSPS) is 15.7. The molecule has 0 saturated heterocycles. The van der Waals surface area contributed by atoms with E-state index in [0.717, 1.165) is 41.9 Å². The number of carbonyl (C=O) groups is 1. The fraction of sp³-hybridized carbons (Fsp3) is 0.467. The molecule has 2 aromatic heterocycles. The van der Waals surface area contributed by atoms with Crippen molar-refractivity contribution in [2.24, 2.45) is 5.92 Å². The maximum atomic E-state index is 12.4. The zero-order valence-electron chi connectivity index (χ0n) is 11.6. The summed E-state index contributed by atoms with van der Waals surface area (Å²) in [5.41, 5.74) is 3.78. The molecule has 1 aliphatic carbocycles. The third-order valence-electron chi connectivity index (χ3n) is 3.96. The number of aromatic amines is 1. The quantitative estimate of drug-likeness (QED) is 0.898. The molecule has 0 spiro atoms. The fourth-order valence-electron chi connectivity index (χ4n) is 2.79. The van der Waals surface area contributed by atoms with E-state index in [1.54, 1.807) is 11.3 Å². The highest BCUT2D eigenvalue weighted by atomic mass is 32.1. The van der Waals surface area contributed by atoms with Gasteiger partial charge in [-0.1, -0.05) is 19.8 Å². The predicted octanol–water partition coefficient (Wildman–Crippen LogP) is 3.83. The van der Waals surface area contributed by atoms with Gasteiger partial charge >= 0.3 is 0 Å². The second-order valence-corrected chi connectivity index (χ2v) is 6.04. The van der Waals surface area contributed by atoms with Crippen molar-refractivity contribution in [1.82, 2.24) is 10.2 Å². The van der Waals surface area contributed by atoms with Crippen LogP contribution in [-0.2, 0) is 11.2 Å². The van der Waals surface area contributed by atoms with E-state index in [-0.39, 0.29) is 11.8 Å². The molecule has 0 radical (unpaired) electrons. The number of aryl methyl sites for hydroxylation is 1. The zero-order valence-corrected chi connectivity index (χ0v) is 12.4. The summed E-state index contributed by atoms with van der Waals surface area (Å²) in [6.45, 7) is 2.07. The number of H-pyrrole nitrogens is 1. The molecule has 0 atom stereocenters. The molecule has 2 heterocycles. The molecule has 1 fully saturated rings. The van der Waals surface area contributed by atoms with Gasteiger partial charge in [-0.15, -0.1) is 0 Å². The first-order chi connectivity index (χ1) is 9.79. The van der Waals surface area contributed by atoms with Crippen LogP contribution in [0.15, 0.2) is 16.8 Å². The van der Waals surface area contributed by atoms with E-state index in [0.29, 0.717) is 0 Å². The highest BCUT2D eigenvalue weighted by Crippen LogP contribution is 2.32. The molecule has 0 unspecified atom stereocenters. The van der Waals surface area contributed by atoms with Crippen LogP contribution in [0.2, 0.25) is 0 Å². The molecule has 2 N–H and O–H groups in total. The van der Waals surface area contributed by atoms with Crippen molar-refractivity contribution in [3.8, 4) is 11.3 Å². The van der Waals surface area contributed by atoms with Crippen LogP contribution in [0, 0.1) is 5.92 Å². The molecule has 4 nitrogen and oxygen atoms in total. The lowest BCUT2D eigenvalue weighted by atomic mass is 10.1. The third-order valence-corrected chi connectivity index (χ3v) is 4.65. The predicted molar refractivity (Wildman–Crippen MR) is 81.9 cm³/mol. The summed E-state index contributed by atoms with van der Waals surface area (Å²) in [5, 5.41) is 14.6. The highest BCUT2D eigenvalue weighted by molar-refractivity contribution is 7.08. The summed E-state index contributed by atoms with van der Waals surface area (Å²) in [6, 6.07) is 2.03. The third kappa shape index (κ3) is 2.50. The van der Waals surface area contributed by atoms with Crippen molar-refractivity contribution in [1.29, 1.82) is 0 Å². The lowest BCUT2D eigenvalue weighted by Crippen LogP contribution is -2.21. The van der Waals surface area contributed by atoms with Crippen molar-refractivity contribution >= 4 is 22.9 Å². The molecular weight excluding hydrogens is 270 g/mol. The molecule has 1 aliphatic rings. The largest absolute Gasteiger partial charge is 0.322 e. The topological polar surface area (TPSA) is 57.8 Å². The molecular formula is C15H19N3OS. The number of carbonyl (C=O) groups excluding carboxylic acids is 1. The first-order valence-electron chi connectivity index (χ1n) is 7.20. The van der Waals surface area contributed by atoms with Gasteiger partial charge in [-0.25, -0.2) is 0 Å². The van der Waals surface area contributed by atoms with Gasteiger partial charge in [0.1, 0.15) is 5.69 Å². The Labute approximate surface area is 122 Å². The number of anilines is 1. The summed E-state index contributed by atoms with van der Waals surface area (Å²) in [4.78, 5) is 12.4. The Bertz CT molecular complexity index is 582. The van der Waals surface area contributed by atoms with Crippen LogP contribution in [0.1, 0.15) is 38.3 Å². The summed E-state index contributed by atoms with van der Waals surface area (Å²) in [7, 11) is 0. The smallest absolute Gasteiger partial charge is 0.227 e. The van der Waals surface area contributed by atoms with Crippen LogP contribution < -0.4 is 5.32 Å². The minimum Gasteiger partial charge on any atom is -0.322 e. The summed E-state index contributed by atoms with van der Waals surface area (Å²) < 4.78 is 0. The van der Waals surface area contributed by atoms with Gasteiger partial charge in [-0.2, -0.15) is 16.4 Å². The number of amides is 1. The Balaban J connectivity index is 1.87. The molecule has 0 aliphatic heterocycles. The Morgan fingerprint density at radius 2 is 2.30 bits per heavy atom. The van der Waals surface area contributed by atoms with Crippen molar-refractivity contribution < 1.29 is 4.79 Å². The SMILES string of the molecule is CCc1[nH]nc(-c2ccsc2)c1NC(=O)C1CCCC1. The van der Waals surface area contributed by atoms with Gasteiger partial charge in [0.05, 0.1) is 11.4 Å². The average molecular weight is 289 g/mol. The Morgan fingerprint density at radius 3 is 2.95 bits per heavy atom. The fourth-order valence-corrected chi connectivity index (χ4v) is 3.43. The van der Waals surface area contributed by atoms with Gasteiger partial charge in [0.25, 0.3) is 0 Å². The number of aromatic nitrogens is 2. The molecule has 1 saturated carbocycles. The van der Waals surface area contributed by atoms with Crippen LogP contribution in [-0.4, -0.2) is 16.1 Å². The molecule has 20 heavy (non-hydrogen) atoms. The van der Waals surface area contributed by atoms with E-state index in [2.05, 4.69) is 27.8 Å². The van der Waals surface area contributed by atoms with E-state index in [9.17, 15) is 4.79 Å². The van der Waals surface area contributed by atoms with E-state index in [4.69, 9.17) is 0 Å². The van der Waals surface area contributed by atoms with Crippen LogP contribution in [0.4, 0.5) is 5.69 Å². The van der Waals surface area contributed by atoms with E-state index < -0.39 is 0 Å². The van der Waals surface area contributed by atoms with Crippen LogP contribution in [0.25, 0.3) is 11.3 Å². The van der Waals surface area contributed by atoms with Crippen molar-refractivity contribution in [3.63, 3.8) is 0 Å². The number of hydrogen-bond donors (Lipinski definition) is 2. The number of nitrogens with zero attached hydrogens (tertiary/aromatic N) is 1. The lowest BCUT2D eigenvalue weighted by Gasteiger charge is -2.11. The Hall–Kier alpha value is -1.62. The molecule has 1 amide bonds. The average Bonchev–Trinajstić information content (AvgIpc) is 3.20. The van der Waals surface area contributed by atoms with Gasteiger partial charge in [0.2, 0.25) is 5.91 Å². The summed E-state index contributed by atoms with van der Waals surface area (Å²) in [5.74, 6) is 0.319. The van der Waals surface area contributed by atoms with E-state index in [1.807, 2.05) is 11.4 Å². The minimum absolute atomic E-state index is 0.148. The van der Waals surface area contributed by atoms with E-state index >= 15 is 0 Å². The Morgan fingerprint density at radius 1 is 1.50 bits per heavy atom. The number of hydrogen-bond acceptors (Lipinski definition) is 3. The Kier molecular flexibility index (Phi) is 3.87. The molecule has 106 valence electrons. The van der Waals surface area contributed by atoms with Crippen molar-refractivity contribution in [2.75, 3.05) is 5.32 Å². The standard InChI is InChI=1S/C15H19N3OS/c1-2-12-14(16-15(19)10-5-3-4-6-10)13(18-17-12)11-7-8-20-9-11/h7-10H,2-6H2,1H3,(H,16,19)(H,17,18). The molecule has 0 bridgehead atoms. The van der Waals surface area contributed by atoms with Crippen LogP contribution >= 0.6 is 11.3 Å². The van der Waals surface area contributed by atoms with Gasteiger partial charge in [-0.3, -0.25) is 9.89 Å². The van der Waals surface area contributed by atoms with Gasteiger partial charge in [0.15, 0.2) is 0 Å². The monoisotopic (exact) mass is 289 g/mol. The molecule has 0 aromatic carbocycles. The van der Waals surface area contributed by atoms with Gasteiger partial charge in [0, 0.05) is 16.9 Å². The second-order valence-electron chi connectivity index (χ2n) is 5.26. The zero-order chi connectivity index (χ0) is 13.9. The number of rotatable bonds is 4. The van der Waals surface area contributed by atoms with Gasteiger partial charge in [-0.05, 0) is 30.7 Å². The first-order valence-corrected chi connectivity index (χ1v) is 8.14. The maximum Gasteiger partial charge on any atom is 0.227 e. The minimum atomic E-state index is 0.148. The molecule has 2 aromatic rings. The molecule has 5 heteroatoms. The molecule has 3 rings (SSSR count). The van der Waals surface area contributed by atoms with E-state index in [1.165, 1.54) is 12.8 Å². The lowest BCUT2D eigenvalue weighted by molar-refractivity contribution is -0.119. The van der Waals surface area contributed by atoms with Crippen LogP contribution in [0.5, 0.6) is 0 Å².